The van der Waals surface area contributed by atoms with Crippen LogP contribution in [-0.4, -0.2) is 26.4 Å². The topological polar surface area (TPSA) is 69.0 Å². The Morgan fingerprint density at radius 1 is 1.24 bits per heavy atom. The number of alkyl halides is 3. The highest BCUT2D eigenvalue weighted by Gasteiger charge is 2.31. The minimum absolute atomic E-state index is 0.00176. The van der Waals surface area contributed by atoms with Crippen molar-refractivity contribution in [1.82, 2.24) is 14.8 Å². The molecule has 0 atom stereocenters. The smallest absolute Gasteiger partial charge is 0.416 e. The third kappa shape index (κ3) is 6.68. The minimum atomic E-state index is -4.55. The van der Waals surface area contributed by atoms with E-state index in [1.807, 2.05) is 6.92 Å². The molecule has 0 aliphatic heterocycles. The van der Waals surface area contributed by atoms with E-state index in [-0.39, 0.29) is 23.1 Å². The Morgan fingerprint density at radius 2 is 2.00 bits per heavy atom. The maximum atomic E-state index is 12.9. The number of anilines is 1. The van der Waals surface area contributed by atoms with Gasteiger partial charge in [-0.2, -0.15) is 13.2 Å². The lowest BCUT2D eigenvalue weighted by Gasteiger charge is -2.12. The number of halogens is 5. The van der Waals surface area contributed by atoms with Crippen LogP contribution in [0.5, 0.6) is 5.75 Å². The van der Waals surface area contributed by atoms with Gasteiger partial charge in [-0.15, -0.1) is 16.8 Å². The van der Waals surface area contributed by atoms with E-state index in [0.717, 1.165) is 35.5 Å². The Morgan fingerprint density at radius 3 is 2.68 bits per heavy atom. The van der Waals surface area contributed by atoms with Crippen LogP contribution in [-0.2, 0) is 24.1 Å². The number of aryl methyl sites for hydroxylation is 1. The molecule has 0 saturated heterocycles. The standard InChI is InChI=1S/C22H19Cl2F3N4O2S/c1-3-8-31-19(11-33-18-7-5-15(23)9-13(18)2)29-30-21(31)34-12-20(32)28-17-10-14(22(25,26)27)4-6-16(17)24/h3-7,9-10H,1,8,11-12H2,2H3,(H,28,32). The molecule has 1 aromatic heterocycles. The Bertz CT molecular complexity index is 1200. The molecule has 0 aliphatic rings. The average molecular weight is 531 g/mol. The molecule has 0 fully saturated rings. The molecular formula is C22H19Cl2F3N4O2S. The van der Waals surface area contributed by atoms with Crippen molar-refractivity contribution in [3.63, 3.8) is 0 Å². The second kappa shape index (κ2) is 11.2. The molecule has 0 radical (unpaired) electrons. The first-order valence-electron chi connectivity index (χ1n) is 9.79. The molecular weight excluding hydrogens is 512 g/mol. The molecule has 1 amide bonds. The summed E-state index contributed by atoms with van der Waals surface area (Å²) in [5.74, 6) is 0.482. The van der Waals surface area contributed by atoms with Gasteiger partial charge in [0.2, 0.25) is 5.91 Å². The zero-order valence-electron chi connectivity index (χ0n) is 17.8. The maximum Gasteiger partial charge on any atom is 0.416 e. The fourth-order valence-electron chi connectivity index (χ4n) is 2.88. The van der Waals surface area contributed by atoms with Crippen molar-refractivity contribution in [1.29, 1.82) is 0 Å². The van der Waals surface area contributed by atoms with Crippen LogP contribution < -0.4 is 10.1 Å². The molecule has 0 bridgehead atoms. The van der Waals surface area contributed by atoms with Gasteiger partial charge in [-0.1, -0.05) is 41.0 Å². The van der Waals surface area contributed by atoms with Crippen LogP contribution in [0.4, 0.5) is 18.9 Å². The second-order valence-corrected chi connectivity index (χ2v) is 8.81. The summed E-state index contributed by atoms with van der Waals surface area (Å²) in [7, 11) is 0. The molecule has 1 heterocycles. The van der Waals surface area contributed by atoms with Gasteiger partial charge < -0.3 is 10.1 Å². The van der Waals surface area contributed by atoms with Gasteiger partial charge in [0.25, 0.3) is 0 Å². The van der Waals surface area contributed by atoms with Gasteiger partial charge in [0.05, 0.1) is 22.0 Å². The molecule has 3 aromatic rings. The van der Waals surface area contributed by atoms with Crippen molar-refractivity contribution in [2.24, 2.45) is 0 Å². The predicted molar refractivity (Wildman–Crippen MR) is 127 cm³/mol. The van der Waals surface area contributed by atoms with Crippen LogP contribution in [0.1, 0.15) is 17.0 Å². The van der Waals surface area contributed by atoms with Crippen molar-refractivity contribution in [2.75, 3.05) is 11.1 Å². The van der Waals surface area contributed by atoms with Crippen molar-refractivity contribution < 1.29 is 22.7 Å². The molecule has 6 nitrogen and oxygen atoms in total. The summed E-state index contributed by atoms with van der Waals surface area (Å²) in [6, 6.07) is 7.98. The summed E-state index contributed by atoms with van der Waals surface area (Å²) in [4.78, 5) is 12.4. The number of hydrogen-bond acceptors (Lipinski definition) is 5. The van der Waals surface area contributed by atoms with E-state index in [0.29, 0.717) is 28.3 Å². The highest BCUT2D eigenvalue weighted by molar-refractivity contribution is 7.99. The molecule has 0 spiro atoms. The molecule has 0 aliphatic carbocycles. The van der Waals surface area contributed by atoms with E-state index in [2.05, 4.69) is 22.1 Å². The number of carbonyl (C=O) groups excluding carboxylic acids is 1. The summed E-state index contributed by atoms with van der Waals surface area (Å²) < 4.78 is 46.4. The van der Waals surface area contributed by atoms with Gasteiger partial charge in [0.1, 0.15) is 12.4 Å². The molecule has 0 saturated carbocycles. The zero-order valence-corrected chi connectivity index (χ0v) is 20.2. The fourth-order valence-corrected chi connectivity index (χ4v) is 4.03. The quantitative estimate of drug-likeness (QED) is 0.255. The van der Waals surface area contributed by atoms with Gasteiger partial charge in [0, 0.05) is 11.6 Å². The number of hydrogen-bond donors (Lipinski definition) is 1. The number of benzene rings is 2. The van der Waals surface area contributed by atoms with E-state index >= 15 is 0 Å². The Labute approximate surface area is 208 Å². The van der Waals surface area contributed by atoms with Crippen molar-refractivity contribution in [3.05, 3.63) is 76.0 Å². The number of carbonyl (C=O) groups is 1. The lowest BCUT2D eigenvalue weighted by Crippen LogP contribution is -2.16. The lowest BCUT2D eigenvalue weighted by molar-refractivity contribution is -0.137. The van der Waals surface area contributed by atoms with Crippen molar-refractivity contribution >= 4 is 46.6 Å². The van der Waals surface area contributed by atoms with Gasteiger partial charge >= 0.3 is 6.18 Å². The van der Waals surface area contributed by atoms with Gasteiger partial charge in [-0.25, -0.2) is 0 Å². The summed E-state index contributed by atoms with van der Waals surface area (Å²) in [6.45, 7) is 6.08. The first-order chi connectivity index (χ1) is 16.1. The molecule has 12 heteroatoms. The number of amides is 1. The van der Waals surface area contributed by atoms with Crippen LogP contribution in [0.25, 0.3) is 0 Å². The minimum Gasteiger partial charge on any atom is -0.485 e. The molecule has 34 heavy (non-hydrogen) atoms. The Kier molecular flexibility index (Phi) is 8.51. The number of allylic oxidation sites excluding steroid dienone is 1. The Balaban J connectivity index is 1.66. The highest BCUT2D eigenvalue weighted by atomic mass is 35.5. The lowest BCUT2D eigenvalue weighted by atomic mass is 10.2. The maximum absolute atomic E-state index is 12.9. The third-order valence-corrected chi connectivity index (χ3v) is 6.03. The third-order valence-electron chi connectivity index (χ3n) is 4.50. The van der Waals surface area contributed by atoms with E-state index < -0.39 is 17.6 Å². The molecule has 2 aromatic carbocycles. The predicted octanol–water partition coefficient (Wildman–Crippen LogP) is 6.41. The highest BCUT2D eigenvalue weighted by Crippen LogP contribution is 2.34. The average Bonchev–Trinajstić information content (AvgIpc) is 3.14. The molecule has 1 N–H and O–H groups in total. The first-order valence-corrected chi connectivity index (χ1v) is 11.5. The number of ether oxygens (including phenoxy) is 1. The zero-order chi connectivity index (χ0) is 24.9. The first kappa shape index (κ1) is 25.9. The monoisotopic (exact) mass is 530 g/mol. The van der Waals surface area contributed by atoms with Crippen molar-refractivity contribution in [3.8, 4) is 5.75 Å². The normalized spacial score (nSPS) is 11.4. The number of nitrogens with zero attached hydrogens (tertiary/aromatic N) is 3. The molecule has 180 valence electrons. The van der Waals surface area contributed by atoms with E-state index in [1.54, 1.807) is 28.8 Å². The number of aromatic nitrogens is 3. The second-order valence-electron chi connectivity index (χ2n) is 7.03. The summed E-state index contributed by atoms with van der Waals surface area (Å²) in [6.07, 6.45) is -2.91. The van der Waals surface area contributed by atoms with E-state index in [1.165, 1.54) is 0 Å². The van der Waals surface area contributed by atoms with Gasteiger partial charge in [-0.05, 0) is 48.9 Å². The molecule has 3 rings (SSSR count). The largest absolute Gasteiger partial charge is 0.485 e. The SMILES string of the molecule is C=CCn1c(COc2ccc(Cl)cc2C)nnc1SCC(=O)Nc1cc(C(F)(F)F)ccc1Cl. The Hall–Kier alpha value is -2.69. The fraction of sp³-hybridized carbons (Fsp3) is 0.227. The van der Waals surface area contributed by atoms with Crippen LogP contribution in [0, 0.1) is 6.92 Å². The van der Waals surface area contributed by atoms with Gasteiger partial charge in [-0.3, -0.25) is 9.36 Å². The van der Waals surface area contributed by atoms with Crippen LogP contribution in [0.3, 0.4) is 0 Å². The number of thioether (sulfide) groups is 1. The van der Waals surface area contributed by atoms with Crippen LogP contribution >= 0.6 is 35.0 Å². The van der Waals surface area contributed by atoms with E-state index in [4.69, 9.17) is 27.9 Å². The number of nitrogens with one attached hydrogen (secondary N) is 1. The summed E-state index contributed by atoms with van der Waals surface area (Å²) in [5.41, 5.74) is -0.171. The molecule has 0 unspecified atom stereocenters. The van der Waals surface area contributed by atoms with Crippen LogP contribution in [0.2, 0.25) is 10.0 Å². The van der Waals surface area contributed by atoms with Gasteiger partial charge in [0.15, 0.2) is 11.0 Å². The number of rotatable bonds is 9. The van der Waals surface area contributed by atoms with Crippen LogP contribution in [0.15, 0.2) is 54.2 Å². The van der Waals surface area contributed by atoms with Crippen molar-refractivity contribution in [2.45, 2.75) is 31.4 Å². The van der Waals surface area contributed by atoms with E-state index in [9.17, 15) is 18.0 Å². The summed E-state index contributed by atoms with van der Waals surface area (Å²) >= 11 is 13.0. The summed E-state index contributed by atoms with van der Waals surface area (Å²) in [5, 5.41) is 11.7.